The van der Waals surface area contributed by atoms with Crippen LogP contribution in [0.3, 0.4) is 0 Å². The average molecular weight is 310 g/mol. The summed E-state index contributed by atoms with van der Waals surface area (Å²) in [6.07, 6.45) is 0. The Hall–Kier alpha value is -1.85. The summed E-state index contributed by atoms with van der Waals surface area (Å²) >= 11 is 7.12. The van der Waals surface area contributed by atoms with Crippen molar-refractivity contribution < 1.29 is 14.7 Å². The van der Waals surface area contributed by atoms with Crippen LogP contribution in [0, 0.1) is 6.92 Å². The molecule has 0 fully saturated rings. The number of benzene rings is 1. The number of carboxylic acids is 1. The van der Waals surface area contributed by atoms with Crippen molar-refractivity contribution in [1.82, 2.24) is 5.32 Å². The van der Waals surface area contributed by atoms with Crippen molar-refractivity contribution in [3.05, 3.63) is 56.7 Å². The number of nitrogens with one attached hydrogen (secondary N) is 1. The van der Waals surface area contributed by atoms with E-state index in [1.165, 1.54) is 11.3 Å². The minimum atomic E-state index is -1.09. The van der Waals surface area contributed by atoms with E-state index in [0.717, 1.165) is 0 Å². The van der Waals surface area contributed by atoms with Crippen LogP contribution < -0.4 is 5.32 Å². The molecule has 0 saturated carbocycles. The van der Waals surface area contributed by atoms with Gasteiger partial charge in [-0.05, 0) is 42.1 Å². The van der Waals surface area contributed by atoms with Crippen LogP contribution in [0.2, 0.25) is 5.02 Å². The number of rotatable bonds is 4. The van der Waals surface area contributed by atoms with Crippen LogP contribution in [0.15, 0.2) is 35.7 Å². The van der Waals surface area contributed by atoms with Gasteiger partial charge < -0.3 is 10.4 Å². The summed E-state index contributed by atoms with van der Waals surface area (Å²) in [6.45, 7) is 1.75. The Kier molecular flexibility index (Phi) is 4.42. The first kappa shape index (κ1) is 14.6. The third kappa shape index (κ3) is 3.18. The van der Waals surface area contributed by atoms with Gasteiger partial charge in [-0.25, -0.2) is 4.79 Å². The second kappa shape index (κ2) is 6.07. The second-order valence-electron chi connectivity index (χ2n) is 4.22. The van der Waals surface area contributed by atoms with Crippen molar-refractivity contribution >= 4 is 34.8 Å². The summed E-state index contributed by atoms with van der Waals surface area (Å²) in [7, 11) is 0. The lowest BCUT2D eigenvalue weighted by atomic mass is 10.1. The number of hydrogen-bond acceptors (Lipinski definition) is 3. The number of carboxylic acid groups (broad SMARTS) is 1. The highest BCUT2D eigenvalue weighted by molar-refractivity contribution is 7.10. The van der Waals surface area contributed by atoms with Gasteiger partial charge in [-0.1, -0.05) is 17.7 Å². The molecule has 6 heteroatoms. The number of aryl methyl sites for hydroxylation is 1. The van der Waals surface area contributed by atoms with Crippen LogP contribution in [0.25, 0.3) is 0 Å². The molecule has 1 aromatic carbocycles. The van der Waals surface area contributed by atoms with Crippen LogP contribution in [0.1, 0.15) is 26.8 Å². The Balaban J connectivity index is 2.23. The lowest BCUT2D eigenvalue weighted by molar-refractivity contribution is -0.139. The summed E-state index contributed by atoms with van der Waals surface area (Å²) in [6, 6.07) is 7.23. The van der Waals surface area contributed by atoms with Crippen LogP contribution in [-0.4, -0.2) is 17.0 Å². The van der Waals surface area contributed by atoms with E-state index in [2.05, 4.69) is 5.32 Å². The third-order valence-electron chi connectivity index (χ3n) is 2.78. The maximum atomic E-state index is 12.2. The molecule has 0 saturated heterocycles. The van der Waals surface area contributed by atoms with Gasteiger partial charge in [-0.15, -0.1) is 11.3 Å². The monoisotopic (exact) mass is 309 g/mol. The van der Waals surface area contributed by atoms with Gasteiger partial charge in [-0.3, -0.25) is 4.79 Å². The fraction of sp³-hybridized carbons (Fsp3) is 0.143. The van der Waals surface area contributed by atoms with E-state index in [1.54, 1.807) is 42.6 Å². The zero-order valence-corrected chi connectivity index (χ0v) is 12.2. The normalized spacial score (nSPS) is 11.9. The quantitative estimate of drug-likeness (QED) is 0.911. The Morgan fingerprint density at radius 2 is 2.10 bits per heavy atom. The fourth-order valence-electron chi connectivity index (χ4n) is 1.80. The predicted molar refractivity (Wildman–Crippen MR) is 78.4 cm³/mol. The van der Waals surface area contributed by atoms with E-state index in [1.807, 2.05) is 0 Å². The number of thiophene rings is 1. The number of halogens is 1. The van der Waals surface area contributed by atoms with E-state index in [4.69, 9.17) is 11.6 Å². The molecular weight excluding hydrogens is 298 g/mol. The molecule has 0 bridgehead atoms. The van der Waals surface area contributed by atoms with Gasteiger partial charge in [0.05, 0.1) is 0 Å². The highest BCUT2D eigenvalue weighted by Gasteiger charge is 2.24. The Morgan fingerprint density at radius 3 is 2.65 bits per heavy atom. The maximum Gasteiger partial charge on any atom is 0.331 e. The molecule has 1 heterocycles. The Labute approximate surface area is 125 Å². The highest BCUT2D eigenvalue weighted by Crippen LogP contribution is 2.21. The van der Waals surface area contributed by atoms with Crippen molar-refractivity contribution in [1.29, 1.82) is 0 Å². The summed E-state index contributed by atoms with van der Waals surface area (Å²) in [5.74, 6) is -1.52. The zero-order chi connectivity index (χ0) is 14.7. The van der Waals surface area contributed by atoms with E-state index >= 15 is 0 Å². The van der Waals surface area contributed by atoms with Gasteiger partial charge in [-0.2, -0.15) is 0 Å². The van der Waals surface area contributed by atoms with Crippen molar-refractivity contribution in [3.8, 4) is 0 Å². The molecule has 0 aliphatic rings. The molecule has 2 rings (SSSR count). The molecule has 0 aliphatic heterocycles. The number of carbonyl (C=O) groups is 2. The van der Waals surface area contributed by atoms with E-state index in [-0.39, 0.29) is 0 Å². The van der Waals surface area contributed by atoms with Crippen molar-refractivity contribution in [2.75, 3.05) is 0 Å². The predicted octanol–water partition coefficient (Wildman–Crippen LogP) is 3.27. The topological polar surface area (TPSA) is 66.4 Å². The molecule has 20 heavy (non-hydrogen) atoms. The highest BCUT2D eigenvalue weighted by atomic mass is 35.5. The molecular formula is C14H12ClNO3S. The molecule has 4 nitrogen and oxygen atoms in total. The van der Waals surface area contributed by atoms with Crippen molar-refractivity contribution in [3.63, 3.8) is 0 Å². The second-order valence-corrected chi connectivity index (χ2v) is 5.64. The summed E-state index contributed by atoms with van der Waals surface area (Å²) in [5.41, 5.74) is 1.11. The zero-order valence-electron chi connectivity index (χ0n) is 10.6. The summed E-state index contributed by atoms with van der Waals surface area (Å²) in [4.78, 5) is 24.0. The van der Waals surface area contributed by atoms with Gasteiger partial charge in [0.15, 0.2) is 6.04 Å². The van der Waals surface area contributed by atoms with Crippen LogP contribution in [-0.2, 0) is 4.79 Å². The number of amides is 1. The average Bonchev–Trinajstić information content (AvgIpc) is 2.88. The first-order chi connectivity index (χ1) is 9.49. The molecule has 0 aliphatic carbocycles. The number of aliphatic carboxylic acids is 1. The Morgan fingerprint density at radius 1 is 1.35 bits per heavy atom. The lowest BCUT2D eigenvalue weighted by Gasteiger charge is -2.14. The van der Waals surface area contributed by atoms with Crippen molar-refractivity contribution in [2.24, 2.45) is 0 Å². The van der Waals surface area contributed by atoms with Gasteiger partial charge in [0.1, 0.15) is 0 Å². The largest absolute Gasteiger partial charge is 0.479 e. The van der Waals surface area contributed by atoms with Crippen LogP contribution in [0.4, 0.5) is 0 Å². The molecule has 0 radical (unpaired) electrons. The summed E-state index contributed by atoms with van der Waals surface area (Å²) < 4.78 is 0. The van der Waals surface area contributed by atoms with Crippen LogP contribution in [0.5, 0.6) is 0 Å². The first-order valence-corrected chi connectivity index (χ1v) is 7.08. The molecule has 1 unspecified atom stereocenters. The Bertz CT molecular complexity index is 640. The van der Waals surface area contributed by atoms with E-state index in [0.29, 0.717) is 21.0 Å². The van der Waals surface area contributed by atoms with Gasteiger partial charge >= 0.3 is 5.97 Å². The van der Waals surface area contributed by atoms with Gasteiger partial charge in [0, 0.05) is 15.5 Å². The maximum absolute atomic E-state index is 12.2. The molecule has 0 spiro atoms. The van der Waals surface area contributed by atoms with E-state index in [9.17, 15) is 14.7 Å². The van der Waals surface area contributed by atoms with Crippen LogP contribution >= 0.6 is 22.9 Å². The number of hydrogen-bond donors (Lipinski definition) is 2. The first-order valence-electron chi connectivity index (χ1n) is 5.82. The smallest absolute Gasteiger partial charge is 0.331 e. The standard InChI is InChI=1S/C14H12ClNO3S/c1-8-7-9(15)4-5-10(8)13(17)16-12(14(18)19)11-3-2-6-20-11/h2-7,12H,1H3,(H,16,17)(H,18,19). The molecule has 1 amide bonds. The third-order valence-corrected chi connectivity index (χ3v) is 3.96. The minimum Gasteiger partial charge on any atom is -0.479 e. The molecule has 2 N–H and O–H groups in total. The molecule has 1 aromatic heterocycles. The van der Waals surface area contributed by atoms with Gasteiger partial charge in [0.25, 0.3) is 5.91 Å². The lowest BCUT2D eigenvalue weighted by Crippen LogP contribution is -2.33. The van der Waals surface area contributed by atoms with E-state index < -0.39 is 17.9 Å². The summed E-state index contributed by atoms with van der Waals surface area (Å²) in [5, 5.41) is 14.1. The minimum absolute atomic E-state index is 0.414. The SMILES string of the molecule is Cc1cc(Cl)ccc1C(=O)NC(C(=O)O)c1cccs1. The van der Waals surface area contributed by atoms with Crippen molar-refractivity contribution in [2.45, 2.75) is 13.0 Å². The molecule has 1 atom stereocenters. The molecule has 2 aromatic rings. The number of carbonyl (C=O) groups excluding carboxylic acids is 1. The van der Waals surface area contributed by atoms with Gasteiger partial charge in [0.2, 0.25) is 0 Å². The fourth-order valence-corrected chi connectivity index (χ4v) is 2.79. The molecule has 104 valence electrons.